The van der Waals surface area contributed by atoms with E-state index in [2.05, 4.69) is 29.2 Å². The van der Waals surface area contributed by atoms with Crippen molar-refractivity contribution in [1.82, 2.24) is 4.90 Å². The highest BCUT2D eigenvalue weighted by molar-refractivity contribution is 5.29. The molecule has 1 atom stereocenters. The third kappa shape index (κ3) is 3.83. The van der Waals surface area contributed by atoms with Gasteiger partial charge in [0, 0.05) is 12.6 Å². The Morgan fingerprint density at radius 3 is 2.20 bits per heavy atom. The van der Waals surface area contributed by atoms with Gasteiger partial charge >= 0.3 is 0 Å². The van der Waals surface area contributed by atoms with E-state index < -0.39 is 0 Å². The van der Waals surface area contributed by atoms with Gasteiger partial charge in [0.2, 0.25) is 0 Å². The lowest BCUT2D eigenvalue weighted by Gasteiger charge is -2.23. The van der Waals surface area contributed by atoms with Crippen LogP contribution in [0.5, 0.6) is 5.75 Å². The van der Waals surface area contributed by atoms with E-state index in [1.54, 1.807) is 0 Å². The molecule has 0 aliphatic heterocycles. The zero-order valence-corrected chi connectivity index (χ0v) is 12.1. The molecule has 0 aliphatic carbocycles. The zero-order chi connectivity index (χ0) is 14.4. The molecule has 0 unspecified atom stereocenters. The van der Waals surface area contributed by atoms with Crippen LogP contribution in [0.25, 0.3) is 0 Å². The molecule has 2 rings (SSSR count). The average molecular weight is 270 g/mol. The summed E-state index contributed by atoms with van der Waals surface area (Å²) in [6.07, 6.45) is 0. The highest BCUT2D eigenvalue weighted by atomic mass is 16.5. The Morgan fingerprint density at radius 1 is 1.00 bits per heavy atom. The van der Waals surface area contributed by atoms with Crippen molar-refractivity contribution in [3.63, 3.8) is 0 Å². The predicted molar refractivity (Wildman–Crippen MR) is 82.7 cm³/mol. The van der Waals surface area contributed by atoms with Crippen LogP contribution in [0.2, 0.25) is 0 Å². The number of hydrogen-bond donors (Lipinski definition) is 1. The summed E-state index contributed by atoms with van der Waals surface area (Å²) in [7, 11) is 4.08. The van der Waals surface area contributed by atoms with Gasteiger partial charge in [-0.3, -0.25) is 0 Å². The molecule has 2 aromatic carbocycles. The molecule has 3 nitrogen and oxygen atoms in total. The van der Waals surface area contributed by atoms with Gasteiger partial charge in [0.15, 0.2) is 0 Å². The Morgan fingerprint density at radius 2 is 1.65 bits per heavy atom. The first-order valence-corrected chi connectivity index (χ1v) is 6.84. The number of hydrogen-bond acceptors (Lipinski definition) is 3. The summed E-state index contributed by atoms with van der Waals surface area (Å²) in [5.74, 6) is 0.882. The van der Waals surface area contributed by atoms with Gasteiger partial charge in [-0.15, -0.1) is 0 Å². The molecule has 0 spiro atoms. The largest absolute Gasteiger partial charge is 0.489 e. The lowest BCUT2D eigenvalue weighted by molar-refractivity contribution is 0.300. The maximum absolute atomic E-state index is 5.81. The minimum atomic E-state index is 0.248. The van der Waals surface area contributed by atoms with Crippen molar-refractivity contribution in [2.75, 3.05) is 20.6 Å². The van der Waals surface area contributed by atoms with E-state index in [0.29, 0.717) is 13.2 Å². The summed E-state index contributed by atoms with van der Waals surface area (Å²) in [6.45, 7) is 1.20. The van der Waals surface area contributed by atoms with Gasteiger partial charge in [0.05, 0.1) is 0 Å². The Bertz CT molecular complexity index is 508. The zero-order valence-electron chi connectivity index (χ0n) is 12.1. The SMILES string of the molecule is CN(C)[C@H](CN)c1ccc(OCc2ccccc2)cc1. The first kappa shape index (κ1) is 14.6. The number of benzene rings is 2. The number of rotatable bonds is 6. The number of nitrogens with two attached hydrogens (primary N) is 1. The van der Waals surface area contributed by atoms with Crippen molar-refractivity contribution in [3.8, 4) is 5.75 Å². The monoisotopic (exact) mass is 270 g/mol. The lowest BCUT2D eigenvalue weighted by atomic mass is 10.1. The van der Waals surface area contributed by atoms with Gasteiger partial charge in [-0.25, -0.2) is 0 Å². The fourth-order valence-corrected chi connectivity index (χ4v) is 2.17. The highest BCUT2D eigenvalue weighted by Crippen LogP contribution is 2.21. The van der Waals surface area contributed by atoms with Gasteiger partial charge in [-0.05, 0) is 37.4 Å². The van der Waals surface area contributed by atoms with Gasteiger partial charge in [0.1, 0.15) is 12.4 Å². The van der Waals surface area contributed by atoms with Crippen LogP contribution < -0.4 is 10.5 Å². The van der Waals surface area contributed by atoms with E-state index in [1.165, 1.54) is 11.1 Å². The van der Waals surface area contributed by atoms with E-state index >= 15 is 0 Å². The molecule has 0 heterocycles. The summed E-state index contributed by atoms with van der Waals surface area (Å²) < 4.78 is 5.78. The highest BCUT2D eigenvalue weighted by Gasteiger charge is 2.11. The number of ether oxygens (including phenoxy) is 1. The third-order valence-electron chi connectivity index (χ3n) is 3.36. The molecular formula is C17H22N2O. The predicted octanol–water partition coefficient (Wildman–Crippen LogP) is 2.83. The molecule has 0 saturated heterocycles. The van der Waals surface area contributed by atoms with Crippen LogP contribution in [0.4, 0.5) is 0 Å². The summed E-state index contributed by atoms with van der Waals surface area (Å²) in [5.41, 5.74) is 8.19. The van der Waals surface area contributed by atoms with Crippen molar-refractivity contribution in [3.05, 3.63) is 65.7 Å². The first-order valence-electron chi connectivity index (χ1n) is 6.84. The Hall–Kier alpha value is -1.84. The van der Waals surface area contributed by atoms with Crippen molar-refractivity contribution in [2.24, 2.45) is 5.73 Å². The lowest BCUT2D eigenvalue weighted by Crippen LogP contribution is -2.27. The van der Waals surface area contributed by atoms with Crippen molar-refractivity contribution >= 4 is 0 Å². The third-order valence-corrected chi connectivity index (χ3v) is 3.36. The van der Waals surface area contributed by atoms with Crippen LogP contribution in [0.15, 0.2) is 54.6 Å². The molecule has 0 aromatic heterocycles. The van der Waals surface area contributed by atoms with E-state index in [4.69, 9.17) is 10.5 Å². The number of nitrogens with zero attached hydrogens (tertiary/aromatic N) is 1. The summed E-state index contributed by atoms with van der Waals surface area (Å²) in [5, 5.41) is 0. The average Bonchev–Trinajstić information content (AvgIpc) is 2.48. The minimum absolute atomic E-state index is 0.248. The molecule has 0 aliphatic rings. The van der Waals surface area contributed by atoms with Crippen LogP contribution in [0, 0.1) is 0 Å². The topological polar surface area (TPSA) is 38.5 Å². The summed E-state index contributed by atoms with van der Waals surface area (Å²) in [6, 6.07) is 18.6. The van der Waals surface area contributed by atoms with E-state index in [9.17, 15) is 0 Å². The van der Waals surface area contributed by atoms with E-state index in [1.807, 2.05) is 44.4 Å². The maximum Gasteiger partial charge on any atom is 0.119 e. The summed E-state index contributed by atoms with van der Waals surface area (Å²) in [4.78, 5) is 2.12. The quantitative estimate of drug-likeness (QED) is 0.877. The first-order chi connectivity index (χ1) is 9.70. The van der Waals surface area contributed by atoms with E-state index in [-0.39, 0.29) is 6.04 Å². The van der Waals surface area contributed by atoms with Crippen LogP contribution in [-0.4, -0.2) is 25.5 Å². The fourth-order valence-electron chi connectivity index (χ4n) is 2.17. The van der Waals surface area contributed by atoms with Crippen LogP contribution >= 0.6 is 0 Å². The molecular weight excluding hydrogens is 248 g/mol. The minimum Gasteiger partial charge on any atom is -0.489 e. The summed E-state index contributed by atoms with van der Waals surface area (Å²) >= 11 is 0. The Labute approximate surface area is 121 Å². The van der Waals surface area contributed by atoms with Crippen molar-refractivity contribution < 1.29 is 4.74 Å². The normalized spacial score (nSPS) is 12.4. The molecule has 20 heavy (non-hydrogen) atoms. The van der Waals surface area contributed by atoms with Crippen LogP contribution in [0.1, 0.15) is 17.2 Å². The number of likely N-dealkylation sites (N-methyl/N-ethyl adjacent to an activating group) is 1. The molecule has 3 heteroatoms. The molecule has 0 saturated carbocycles. The van der Waals surface area contributed by atoms with Gasteiger partial charge < -0.3 is 15.4 Å². The molecule has 0 amide bonds. The van der Waals surface area contributed by atoms with Crippen molar-refractivity contribution in [2.45, 2.75) is 12.6 Å². The van der Waals surface area contributed by atoms with Gasteiger partial charge in [-0.1, -0.05) is 42.5 Å². The van der Waals surface area contributed by atoms with Crippen LogP contribution in [0.3, 0.4) is 0 Å². The molecule has 106 valence electrons. The van der Waals surface area contributed by atoms with Crippen LogP contribution in [-0.2, 0) is 6.61 Å². The van der Waals surface area contributed by atoms with E-state index in [0.717, 1.165) is 5.75 Å². The molecule has 2 aromatic rings. The second-order valence-corrected chi connectivity index (χ2v) is 5.06. The Balaban J connectivity index is 1.98. The second-order valence-electron chi connectivity index (χ2n) is 5.06. The smallest absolute Gasteiger partial charge is 0.119 e. The van der Waals surface area contributed by atoms with Gasteiger partial charge in [0.25, 0.3) is 0 Å². The second kappa shape index (κ2) is 7.08. The fraction of sp³-hybridized carbons (Fsp3) is 0.294. The molecule has 0 bridgehead atoms. The maximum atomic E-state index is 5.81. The standard InChI is InChI=1S/C17H22N2O/c1-19(2)17(12-18)15-8-10-16(11-9-15)20-13-14-6-4-3-5-7-14/h3-11,17H,12-13,18H2,1-2H3/t17-/m1/s1. The van der Waals surface area contributed by atoms with Gasteiger partial charge in [-0.2, -0.15) is 0 Å². The van der Waals surface area contributed by atoms with Crippen molar-refractivity contribution in [1.29, 1.82) is 0 Å². The molecule has 2 N–H and O–H groups in total. The molecule has 0 fully saturated rings. The Kier molecular flexibility index (Phi) is 5.16. The molecule has 0 radical (unpaired) electrons.